The molecule has 1 rings (SSSR count). The van der Waals surface area contributed by atoms with Crippen LogP contribution in [0.1, 0.15) is 26.7 Å². The fourth-order valence-electron chi connectivity index (χ4n) is 1.30. The van der Waals surface area contributed by atoms with Crippen LogP contribution in [0.5, 0.6) is 0 Å². The zero-order chi connectivity index (χ0) is 11.6. The van der Waals surface area contributed by atoms with Crippen LogP contribution >= 0.6 is 0 Å². The Bertz CT molecular complexity index is 296. The average molecular weight is 213 g/mol. The number of rotatable bonds is 4. The van der Waals surface area contributed by atoms with Crippen LogP contribution in [0.2, 0.25) is 0 Å². The summed E-state index contributed by atoms with van der Waals surface area (Å²) >= 11 is 0. The van der Waals surface area contributed by atoms with Crippen LogP contribution in [0.3, 0.4) is 0 Å². The Balaban J connectivity index is 2.69. The van der Waals surface area contributed by atoms with Crippen molar-refractivity contribution < 1.29 is 19.4 Å². The van der Waals surface area contributed by atoms with Gasteiger partial charge >= 0.3 is 12.1 Å². The monoisotopic (exact) mass is 213 g/mol. The first kappa shape index (κ1) is 11.6. The lowest BCUT2D eigenvalue weighted by Gasteiger charge is -2.25. The molecular weight excluding hydrogens is 198 g/mol. The molecule has 0 aromatic carbocycles. The molecule has 0 aromatic rings. The van der Waals surface area contributed by atoms with Crippen molar-refractivity contribution in [1.82, 2.24) is 4.90 Å². The summed E-state index contributed by atoms with van der Waals surface area (Å²) in [6, 6.07) is -0.854. The van der Waals surface area contributed by atoms with Gasteiger partial charge in [0.05, 0.1) is 5.76 Å². The van der Waals surface area contributed by atoms with E-state index in [2.05, 4.69) is 6.58 Å². The molecule has 1 aliphatic rings. The van der Waals surface area contributed by atoms with E-state index in [0.29, 0.717) is 0 Å². The van der Waals surface area contributed by atoms with E-state index in [-0.39, 0.29) is 11.8 Å². The molecule has 0 unspecified atom stereocenters. The molecule has 0 aliphatic heterocycles. The number of carbonyl (C=O) groups is 2. The number of carboxylic acid groups (broad SMARTS) is 1. The first-order valence-electron chi connectivity index (χ1n) is 4.82. The van der Waals surface area contributed by atoms with Crippen LogP contribution in [0.25, 0.3) is 0 Å². The lowest BCUT2D eigenvalue weighted by atomic mass is 10.3. The highest BCUT2D eigenvalue weighted by Crippen LogP contribution is 2.29. The average Bonchev–Trinajstić information content (AvgIpc) is 2.86. The third-order valence-electron chi connectivity index (χ3n) is 2.19. The Morgan fingerprint density at radius 3 is 2.40 bits per heavy atom. The van der Waals surface area contributed by atoms with Crippen LogP contribution in [0.4, 0.5) is 4.79 Å². The molecule has 1 amide bonds. The van der Waals surface area contributed by atoms with E-state index in [1.54, 1.807) is 6.92 Å². The predicted octanol–water partition coefficient (Wildman–Crippen LogP) is 1.59. The second-order valence-corrected chi connectivity index (χ2v) is 3.72. The normalized spacial score (nSPS) is 16.7. The first-order valence-corrected chi connectivity index (χ1v) is 4.82. The molecule has 1 saturated carbocycles. The quantitative estimate of drug-likeness (QED) is 0.720. The zero-order valence-electron chi connectivity index (χ0n) is 8.90. The fraction of sp³-hybridized carbons (Fsp3) is 0.600. The number of hydrogen-bond donors (Lipinski definition) is 1. The molecule has 1 fully saturated rings. The van der Waals surface area contributed by atoms with Gasteiger partial charge in [-0.05, 0) is 26.7 Å². The molecule has 0 bridgehead atoms. The fourth-order valence-corrected chi connectivity index (χ4v) is 1.30. The molecule has 1 aliphatic carbocycles. The molecule has 84 valence electrons. The van der Waals surface area contributed by atoms with Gasteiger partial charge in [-0.1, -0.05) is 6.58 Å². The van der Waals surface area contributed by atoms with E-state index in [0.717, 1.165) is 12.8 Å². The van der Waals surface area contributed by atoms with Crippen molar-refractivity contribution in [1.29, 1.82) is 0 Å². The second-order valence-electron chi connectivity index (χ2n) is 3.72. The van der Waals surface area contributed by atoms with E-state index in [1.165, 1.54) is 11.8 Å². The molecule has 5 nitrogen and oxygen atoms in total. The van der Waals surface area contributed by atoms with E-state index >= 15 is 0 Å². The molecule has 5 heteroatoms. The van der Waals surface area contributed by atoms with Crippen LogP contribution in [-0.4, -0.2) is 34.2 Å². The summed E-state index contributed by atoms with van der Waals surface area (Å²) in [5, 5.41) is 8.84. The lowest BCUT2D eigenvalue weighted by molar-refractivity contribution is -0.142. The molecule has 0 spiro atoms. The summed E-state index contributed by atoms with van der Waals surface area (Å²) in [6.07, 6.45) is 1.05. The number of aliphatic carboxylic acids is 1. The number of hydrogen-bond acceptors (Lipinski definition) is 3. The van der Waals surface area contributed by atoms with Crippen molar-refractivity contribution in [3.8, 4) is 0 Å². The SMILES string of the molecule is C=C(C)OC(=O)N(C1CC1)[C@@H](C)C(=O)O. The van der Waals surface area contributed by atoms with Gasteiger partial charge in [0, 0.05) is 6.04 Å². The summed E-state index contributed by atoms with van der Waals surface area (Å²) in [5.74, 6) is -0.760. The van der Waals surface area contributed by atoms with Crippen molar-refractivity contribution in [2.24, 2.45) is 0 Å². The van der Waals surface area contributed by atoms with Gasteiger partial charge in [-0.3, -0.25) is 4.90 Å². The molecule has 15 heavy (non-hydrogen) atoms. The maximum absolute atomic E-state index is 11.6. The van der Waals surface area contributed by atoms with Crippen molar-refractivity contribution in [2.75, 3.05) is 0 Å². The van der Waals surface area contributed by atoms with Gasteiger partial charge in [0.1, 0.15) is 6.04 Å². The Morgan fingerprint density at radius 1 is 1.53 bits per heavy atom. The maximum atomic E-state index is 11.6. The summed E-state index contributed by atoms with van der Waals surface area (Å²) in [6.45, 7) is 6.47. The van der Waals surface area contributed by atoms with Gasteiger partial charge in [0.25, 0.3) is 0 Å². The smallest absolute Gasteiger partial charge is 0.415 e. The van der Waals surface area contributed by atoms with E-state index in [9.17, 15) is 9.59 Å². The van der Waals surface area contributed by atoms with Crippen LogP contribution in [-0.2, 0) is 9.53 Å². The summed E-state index contributed by atoms with van der Waals surface area (Å²) in [7, 11) is 0. The van der Waals surface area contributed by atoms with Gasteiger partial charge < -0.3 is 9.84 Å². The van der Waals surface area contributed by atoms with Crippen molar-refractivity contribution >= 4 is 12.1 Å². The third kappa shape index (κ3) is 2.97. The summed E-state index contributed by atoms with van der Waals surface area (Å²) in [4.78, 5) is 23.6. The second kappa shape index (κ2) is 4.33. The Hall–Kier alpha value is -1.52. The molecule has 0 heterocycles. The molecular formula is C10H15NO4. The number of ether oxygens (including phenoxy) is 1. The number of amides is 1. The molecule has 1 N–H and O–H groups in total. The molecule has 0 saturated heterocycles. The number of allylic oxidation sites excluding steroid dienone is 1. The number of carboxylic acids is 1. The largest absolute Gasteiger partial charge is 0.480 e. The van der Waals surface area contributed by atoms with Gasteiger partial charge in [-0.2, -0.15) is 0 Å². The maximum Gasteiger partial charge on any atom is 0.415 e. The minimum atomic E-state index is -1.03. The Morgan fingerprint density at radius 2 is 2.07 bits per heavy atom. The Kier molecular flexibility index (Phi) is 3.34. The summed E-state index contributed by atoms with van der Waals surface area (Å²) in [5.41, 5.74) is 0. The van der Waals surface area contributed by atoms with E-state index in [1.807, 2.05) is 0 Å². The minimum absolute atomic E-state index is 0.00273. The highest BCUT2D eigenvalue weighted by Gasteiger charge is 2.39. The highest BCUT2D eigenvalue weighted by atomic mass is 16.6. The van der Waals surface area contributed by atoms with Gasteiger partial charge in [-0.15, -0.1) is 0 Å². The lowest BCUT2D eigenvalue weighted by Crippen LogP contribution is -2.44. The Labute approximate surface area is 88.3 Å². The molecule has 1 atom stereocenters. The van der Waals surface area contributed by atoms with Gasteiger partial charge in [-0.25, -0.2) is 9.59 Å². The standard InChI is InChI=1S/C10H15NO4/c1-6(2)15-10(14)11(8-4-5-8)7(3)9(12)13/h7-8H,1,4-5H2,2-3H3,(H,12,13)/t7-/m0/s1. The van der Waals surface area contributed by atoms with Crippen LogP contribution in [0, 0.1) is 0 Å². The van der Waals surface area contributed by atoms with Gasteiger partial charge in [0.15, 0.2) is 0 Å². The predicted molar refractivity (Wildman–Crippen MR) is 53.3 cm³/mol. The summed E-state index contributed by atoms with van der Waals surface area (Å²) < 4.78 is 4.81. The first-order chi connectivity index (χ1) is 6.93. The highest BCUT2D eigenvalue weighted by molar-refractivity contribution is 5.80. The van der Waals surface area contributed by atoms with E-state index < -0.39 is 18.1 Å². The zero-order valence-corrected chi connectivity index (χ0v) is 8.90. The number of nitrogens with zero attached hydrogens (tertiary/aromatic N) is 1. The van der Waals surface area contributed by atoms with Crippen molar-refractivity contribution in [2.45, 2.75) is 38.8 Å². The minimum Gasteiger partial charge on any atom is -0.480 e. The number of carbonyl (C=O) groups excluding carboxylic acids is 1. The van der Waals surface area contributed by atoms with Gasteiger partial charge in [0.2, 0.25) is 0 Å². The van der Waals surface area contributed by atoms with E-state index in [4.69, 9.17) is 9.84 Å². The topological polar surface area (TPSA) is 66.8 Å². The van der Waals surface area contributed by atoms with Crippen LogP contribution < -0.4 is 0 Å². The third-order valence-corrected chi connectivity index (χ3v) is 2.19. The van der Waals surface area contributed by atoms with Crippen molar-refractivity contribution in [3.63, 3.8) is 0 Å². The molecule has 0 radical (unpaired) electrons. The van der Waals surface area contributed by atoms with Crippen molar-refractivity contribution in [3.05, 3.63) is 12.3 Å². The molecule has 0 aromatic heterocycles. The van der Waals surface area contributed by atoms with Crippen LogP contribution in [0.15, 0.2) is 12.3 Å².